The highest BCUT2D eigenvalue weighted by Gasteiger charge is 2.00. The molecule has 0 atom stereocenters. The van der Waals surface area contributed by atoms with E-state index in [1.807, 2.05) is 0 Å². The Kier molecular flexibility index (Phi) is 1.81. The fourth-order valence-corrected chi connectivity index (χ4v) is 1.35. The molecule has 2 aromatic rings. The highest BCUT2D eigenvalue weighted by Crippen LogP contribution is 2.13. The van der Waals surface area contributed by atoms with Crippen LogP contribution in [0.3, 0.4) is 0 Å². The minimum absolute atomic E-state index is 0.0540. The van der Waals surface area contributed by atoms with Crippen molar-refractivity contribution in [3.63, 3.8) is 0 Å². The molecule has 1 aromatic carbocycles. The third-order valence-electron chi connectivity index (χ3n) is 1.88. The molecule has 1 heterocycles. The van der Waals surface area contributed by atoms with E-state index in [0.717, 1.165) is 0 Å². The van der Waals surface area contributed by atoms with Gasteiger partial charge in [0, 0.05) is 12.1 Å². The molecule has 0 fully saturated rings. The normalized spacial score (nSPS) is 10.6. The lowest BCUT2D eigenvalue weighted by atomic mass is 10.2. The van der Waals surface area contributed by atoms with E-state index in [9.17, 15) is 4.79 Å². The number of hydrogen-bond donors (Lipinski definition) is 0. The lowest BCUT2D eigenvalue weighted by Crippen LogP contribution is -2.16. The van der Waals surface area contributed by atoms with E-state index in [1.165, 1.54) is 10.9 Å². The molecule has 0 aliphatic heterocycles. The molecular weight excluding hydrogens is 188 g/mol. The van der Waals surface area contributed by atoms with Crippen LogP contribution < -0.4 is 5.56 Å². The van der Waals surface area contributed by atoms with E-state index in [4.69, 9.17) is 11.6 Å². The summed E-state index contributed by atoms with van der Waals surface area (Å²) in [5.74, 6) is 0. The SMILES string of the molecule is Cn1cnc2cc(Cl)ccc2c1=O. The van der Waals surface area contributed by atoms with Crippen LogP contribution in [0.15, 0.2) is 29.3 Å². The lowest BCUT2D eigenvalue weighted by molar-refractivity contribution is 0.843. The Balaban J connectivity index is 2.95. The molecule has 0 saturated carbocycles. The van der Waals surface area contributed by atoms with Gasteiger partial charge in [-0.05, 0) is 18.2 Å². The van der Waals surface area contributed by atoms with Gasteiger partial charge in [-0.1, -0.05) is 11.6 Å². The van der Waals surface area contributed by atoms with Gasteiger partial charge in [0.05, 0.1) is 17.2 Å². The Labute approximate surface area is 79.6 Å². The molecule has 66 valence electrons. The topological polar surface area (TPSA) is 34.9 Å². The van der Waals surface area contributed by atoms with Gasteiger partial charge in [-0.25, -0.2) is 4.98 Å². The van der Waals surface area contributed by atoms with Crippen molar-refractivity contribution in [2.45, 2.75) is 0 Å². The maximum atomic E-state index is 11.5. The molecular formula is C9H7ClN2O. The first kappa shape index (κ1) is 8.26. The number of fused-ring (bicyclic) bond motifs is 1. The molecule has 2 rings (SSSR count). The Morgan fingerprint density at radius 2 is 2.23 bits per heavy atom. The van der Waals surface area contributed by atoms with Crippen LogP contribution in [-0.4, -0.2) is 9.55 Å². The molecule has 0 bridgehead atoms. The molecule has 0 unspecified atom stereocenters. The molecule has 0 spiro atoms. The van der Waals surface area contributed by atoms with Crippen molar-refractivity contribution >= 4 is 22.5 Å². The van der Waals surface area contributed by atoms with Gasteiger partial charge >= 0.3 is 0 Å². The van der Waals surface area contributed by atoms with Gasteiger partial charge in [0.15, 0.2) is 0 Å². The van der Waals surface area contributed by atoms with E-state index >= 15 is 0 Å². The summed E-state index contributed by atoms with van der Waals surface area (Å²) in [7, 11) is 1.67. The second-order valence-electron chi connectivity index (χ2n) is 2.82. The Bertz CT molecular complexity index is 518. The number of aromatic nitrogens is 2. The summed E-state index contributed by atoms with van der Waals surface area (Å²) in [6.07, 6.45) is 1.49. The number of nitrogens with zero attached hydrogens (tertiary/aromatic N) is 2. The van der Waals surface area contributed by atoms with Crippen molar-refractivity contribution in [2.75, 3.05) is 0 Å². The average Bonchev–Trinajstić information content (AvgIpc) is 2.12. The van der Waals surface area contributed by atoms with Crippen LogP contribution in [0.4, 0.5) is 0 Å². The fraction of sp³-hybridized carbons (Fsp3) is 0.111. The Morgan fingerprint density at radius 1 is 1.46 bits per heavy atom. The van der Waals surface area contributed by atoms with Crippen LogP contribution in [0.2, 0.25) is 5.02 Å². The summed E-state index contributed by atoms with van der Waals surface area (Å²) in [6.45, 7) is 0. The van der Waals surface area contributed by atoms with E-state index in [2.05, 4.69) is 4.98 Å². The van der Waals surface area contributed by atoms with Crippen LogP contribution in [0, 0.1) is 0 Å². The highest BCUT2D eigenvalue weighted by atomic mass is 35.5. The number of halogens is 1. The summed E-state index contributed by atoms with van der Waals surface area (Å²) in [5, 5.41) is 1.18. The monoisotopic (exact) mass is 194 g/mol. The second-order valence-corrected chi connectivity index (χ2v) is 3.26. The van der Waals surface area contributed by atoms with Crippen LogP contribution in [-0.2, 0) is 7.05 Å². The first-order valence-electron chi connectivity index (χ1n) is 3.79. The molecule has 0 aliphatic carbocycles. The Morgan fingerprint density at radius 3 is 3.00 bits per heavy atom. The first-order valence-corrected chi connectivity index (χ1v) is 4.17. The zero-order valence-electron chi connectivity index (χ0n) is 6.99. The van der Waals surface area contributed by atoms with Gasteiger partial charge in [0.2, 0.25) is 0 Å². The smallest absolute Gasteiger partial charge is 0.260 e. The van der Waals surface area contributed by atoms with E-state index in [1.54, 1.807) is 25.2 Å². The lowest BCUT2D eigenvalue weighted by Gasteiger charge is -1.99. The Hall–Kier alpha value is -1.35. The molecule has 0 radical (unpaired) electrons. The van der Waals surface area contributed by atoms with Crippen molar-refractivity contribution in [3.8, 4) is 0 Å². The number of hydrogen-bond acceptors (Lipinski definition) is 2. The maximum Gasteiger partial charge on any atom is 0.260 e. The summed E-state index contributed by atoms with van der Waals surface area (Å²) in [6, 6.07) is 5.05. The van der Waals surface area contributed by atoms with Gasteiger partial charge in [-0.2, -0.15) is 0 Å². The number of rotatable bonds is 0. The summed E-state index contributed by atoms with van der Waals surface area (Å²) in [5.41, 5.74) is 0.581. The molecule has 0 amide bonds. The molecule has 0 N–H and O–H groups in total. The number of aryl methyl sites for hydroxylation is 1. The van der Waals surface area contributed by atoms with Crippen molar-refractivity contribution in [2.24, 2.45) is 7.05 Å². The van der Waals surface area contributed by atoms with E-state index in [-0.39, 0.29) is 5.56 Å². The summed E-state index contributed by atoms with van der Waals surface area (Å²) < 4.78 is 1.44. The summed E-state index contributed by atoms with van der Waals surface area (Å²) >= 11 is 5.76. The van der Waals surface area contributed by atoms with Gasteiger partial charge < -0.3 is 4.57 Å². The van der Waals surface area contributed by atoms with Crippen LogP contribution in [0.25, 0.3) is 10.9 Å². The van der Waals surface area contributed by atoms with E-state index in [0.29, 0.717) is 15.9 Å². The minimum atomic E-state index is -0.0540. The quantitative estimate of drug-likeness (QED) is 0.639. The molecule has 0 aliphatic rings. The molecule has 3 nitrogen and oxygen atoms in total. The van der Waals surface area contributed by atoms with Gasteiger partial charge in [0.25, 0.3) is 5.56 Å². The predicted octanol–water partition coefficient (Wildman–Crippen LogP) is 1.59. The van der Waals surface area contributed by atoms with Crippen molar-refractivity contribution in [1.29, 1.82) is 0 Å². The molecule has 0 saturated heterocycles. The van der Waals surface area contributed by atoms with Gasteiger partial charge in [-0.15, -0.1) is 0 Å². The molecule has 4 heteroatoms. The van der Waals surface area contributed by atoms with Crippen molar-refractivity contribution in [1.82, 2.24) is 9.55 Å². The standard InChI is InChI=1S/C9H7ClN2O/c1-12-5-11-8-4-6(10)2-3-7(8)9(12)13/h2-5H,1H3. The second kappa shape index (κ2) is 2.85. The zero-order chi connectivity index (χ0) is 9.42. The van der Waals surface area contributed by atoms with Crippen LogP contribution >= 0.6 is 11.6 Å². The minimum Gasteiger partial charge on any atom is -0.302 e. The maximum absolute atomic E-state index is 11.5. The highest BCUT2D eigenvalue weighted by molar-refractivity contribution is 6.31. The van der Waals surface area contributed by atoms with Gasteiger partial charge in [0.1, 0.15) is 0 Å². The van der Waals surface area contributed by atoms with Crippen molar-refractivity contribution < 1.29 is 0 Å². The zero-order valence-corrected chi connectivity index (χ0v) is 7.75. The first-order chi connectivity index (χ1) is 6.18. The van der Waals surface area contributed by atoms with Crippen LogP contribution in [0.5, 0.6) is 0 Å². The fourth-order valence-electron chi connectivity index (χ4n) is 1.18. The average molecular weight is 195 g/mol. The van der Waals surface area contributed by atoms with E-state index < -0.39 is 0 Å². The molecule has 1 aromatic heterocycles. The molecule has 13 heavy (non-hydrogen) atoms. The predicted molar refractivity (Wildman–Crippen MR) is 52.0 cm³/mol. The number of benzene rings is 1. The largest absolute Gasteiger partial charge is 0.302 e. The third kappa shape index (κ3) is 1.31. The van der Waals surface area contributed by atoms with Crippen molar-refractivity contribution in [3.05, 3.63) is 39.9 Å². The van der Waals surface area contributed by atoms with Gasteiger partial charge in [-0.3, -0.25) is 4.79 Å². The summed E-state index contributed by atoms with van der Waals surface area (Å²) in [4.78, 5) is 15.6. The van der Waals surface area contributed by atoms with Crippen LogP contribution in [0.1, 0.15) is 0 Å². The third-order valence-corrected chi connectivity index (χ3v) is 2.12.